The molecule has 0 radical (unpaired) electrons. The number of hydrogen-bond acceptors (Lipinski definition) is 1. The number of halogens is 1. The van der Waals surface area contributed by atoms with Crippen LogP contribution < -0.4 is 0 Å². The quantitative estimate of drug-likeness (QED) is 0.592. The molecule has 2 rings (SSSR count). The van der Waals surface area contributed by atoms with Gasteiger partial charge in [-0.05, 0) is 50.5 Å². The number of fused-ring (bicyclic) bond motifs is 1. The Morgan fingerprint density at radius 3 is 2.58 bits per heavy atom. The Hall–Kier alpha value is -0.370. The molecule has 0 spiro atoms. The van der Waals surface area contributed by atoms with Crippen LogP contribution in [0.3, 0.4) is 0 Å². The van der Waals surface area contributed by atoms with Crippen LogP contribution in [0, 0.1) is 0 Å². The molecule has 0 amide bonds. The Morgan fingerprint density at radius 2 is 1.83 bits per heavy atom. The van der Waals surface area contributed by atoms with Crippen LogP contribution in [0.1, 0.15) is 44.9 Å². The largest absolute Gasteiger partial charge is 0.385 e. The van der Waals surface area contributed by atoms with E-state index in [9.17, 15) is 9.50 Å². The van der Waals surface area contributed by atoms with Gasteiger partial charge in [0.1, 0.15) is 5.83 Å². The normalized spacial score (nSPS) is 36.5. The SMILES string of the molecule is OC12CCCCC1=C(F)CCC2. The molecule has 0 saturated heterocycles. The van der Waals surface area contributed by atoms with Crippen molar-refractivity contribution in [1.29, 1.82) is 0 Å². The van der Waals surface area contributed by atoms with Crippen LogP contribution in [0.25, 0.3) is 0 Å². The van der Waals surface area contributed by atoms with Gasteiger partial charge in [-0.1, -0.05) is 0 Å². The van der Waals surface area contributed by atoms with Crippen molar-refractivity contribution in [2.24, 2.45) is 0 Å². The number of allylic oxidation sites excluding steroid dienone is 1. The van der Waals surface area contributed by atoms with Crippen molar-refractivity contribution in [2.75, 3.05) is 0 Å². The Morgan fingerprint density at radius 1 is 1.08 bits per heavy atom. The lowest BCUT2D eigenvalue weighted by atomic mass is 9.73. The van der Waals surface area contributed by atoms with Gasteiger partial charge in [-0.15, -0.1) is 0 Å². The Kier molecular flexibility index (Phi) is 1.95. The second-order valence-corrected chi connectivity index (χ2v) is 3.98. The van der Waals surface area contributed by atoms with Crippen LogP contribution in [0.5, 0.6) is 0 Å². The van der Waals surface area contributed by atoms with Crippen molar-refractivity contribution in [3.05, 3.63) is 11.4 Å². The molecule has 2 heteroatoms. The van der Waals surface area contributed by atoms with E-state index in [-0.39, 0.29) is 5.83 Å². The fourth-order valence-electron chi connectivity index (χ4n) is 2.45. The first-order valence-corrected chi connectivity index (χ1v) is 4.83. The van der Waals surface area contributed by atoms with E-state index in [1.165, 1.54) is 0 Å². The fourth-order valence-corrected chi connectivity index (χ4v) is 2.45. The van der Waals surface area contributed by atoms with E-state index in [1.54, 1.807) is 0 Å². The molecule has 1 saturated carbocycles. The molecule has 1 nitrogen and oxygen atoms in total. The third-order valence-electron chi connectivity index (χ3n) is 3.14. The van der Waals surface area contributed by atoms with Gasteiger partial charge < -0.3 is 5.11 Å². The summed E-state index contributed by atoms with van der Waals surface area (Å²) in [7, 11) is 0. The van der Waals surface area contributed by atoms with Crippen molar-refractivity contribution in [3.8, 4) is 0 Å². The molecule has 1 atom stereocenters. The molecular weight excluding hydrogens is 155 g/mol. The van der Waals surface area contributed by atoms with Gasteiger partial charge >= 0.3 is 0 Å². The van der Waals surface area contributed by atoms with Crippen LogP contribution in [0.4, 0.5) is 4.39 Å². The Labute approximate surface area is 72.3 Å². The summed E-state index contributed by atoms with van der Waals surface area (Å²) in [6.45, 7) is 0. The second kappa shape index (κ2) is 2.84. The first-order valence-electron chi connectivity index (χ1n) is 4.83. The predicted molar refractivity (Wildman–Crippen MR) is 45.4 cm³/mol. The summed E-state index contributed by atoms with van der Waals surface area (Å²) in [4.78, 5) is 0. The maximum atomic E-state index is 13.3. The van der Waals surface area contributed by atoms with Crippen LogP contribution in [-0.4, -0.2) is 10.7 Å². The predicted octanol–water partition coefficient (Wildman–Crippen LogP) is 2.70. The zero-order chi connectivity index (χ0) is 8.60. The summed E-state index contributed by atoms with van der Waals surface area (Å²) in [5.41, 5.74) is -0.0272. The number of hydrogen-bond donors (Lipinski definition) is 1. The van der Waals surface area contributed by atoms with Crippen LogP contribution >= 0.6 is 0 Å². The van der Waals surface area contributed by atoms with Crippen LogP contribution in [0.15, 0.2) is 11.4 Å². The maximum Gasteiger partial charge on any atom is 0.102 e. The lowest BCUT2D eigenvalue weighted by molar-refractivity contribution is 0.0303. The molecule has 0 heterocycles. The molecule has 12 heavy (non-hydrogen) atoms. The average molecular weight is 170 g/mol. The first kappa shape index (κ1) is 8.24. The standard InChI is InChI=1S/C10H15FO/c11-9-5-3-7-10(12)6-2-1-4-8(9)10/h12H,1-7H2. The van der Waals surface area contributed by atoms with E-state index in [4.69, 9.17) is 0 Å². The van der Waals surface area contributed by atoms with E-state index in [1.807, 2.05) is 0 Å². The van der Waals surface area contributed by atoms with E-state index < -0.39 is 5.60 Å². The average Bonchev–Trinajstić information content (AvgIpc) is 2.04. The van der Waals surface area contributed by atoms with Gasteiger partial charge in [-0.25, -0.2) is 4.39 Å². The number of rotatable bonds is 0. The molecule has 1 unspecified atom stereocenters. The zero-order valence-corrected chi connectivity index (χ0v) is 7.27. The highest BCUT2D eigenvalue weighted by Gasteiger charge is 2.38. The molecule has 0 aromatic carbocycles. The van der Waals surface area contributed by atoms with Gasteiger partial charge in [0.25, 0.3) is 0 Å². The molecule has 2 aliphatic rings. The fraction of sp³-hybridized carbons (Fsp3) is 0.800. The summed E-state index contributed by atoms with van der Waals surface area (Å²) >= 11 is 0. The minimum Gasteiger partial charge on any atom is -0.385 e. The van der Waals surface area contributed by atoms with Gasteiger partial charge in [0.15, 0.2) is 0 Å². The van der Waals surface area contributed by atoms with Crippen molar-refractivity contribution in [1.82, 2.24) is 0 Å². The molecule has 1 N–H and O–H groups in total. The monoisotopic (exact) mass is 170 g/mol. The van der Waals surface area contributed by atoms with Crippen LogP contribution in [0.2, 0.25) is 0 Å². The topological polar surface area (TPSA) is 20.2 Å². The van der Waals surface area contributed by atoms with Crippen molar-refractivity contribution < 1.29 is 9.50 Å². The number of aliphatic hydroxyl groups is 1. The molecule has 1 fully saturated rings. The molecule has 0 bridgehead atoms. The summed E-state index contributed by atoms with van der Waals surface area (Å²) < 4.78 is 13.3. The highest BCUT2D eigenvalue weighted by molar-refractivity contribution is 5.24. The molecule has 0 aromatic heterocycles. The summed E-state index contributed by atoms with van der Waals surface area (Å²) in [6.07, 6.45) is 5.79. The summed E-state index contributed by atoms with van der Waals surface area (Å²) in [5.74, 6) is -0.0246. The van der Waals surface area contributed by atoms with E-state index in [0.717, 1.165) is 44.1 Å². The smallest absolute Gasteiger partial charge is 0.102 e. The van der Waals surface area contributed by atoms with E-state index >= 15 is 0 Å². The molecule has 0 aromatic rings. The molecule has 0 aliphatic heterocycles. The second-order valence-electron chi connectivity index (χ2n) is 3.98. The minimum absolute atomic E-state index is 0.0246. The minimum atomic E-state index is -0.749. The molecular formula is C10H15FO. The van der Waals surface area contributed by atoms with Crippen molar-refractivity contribution in [2.45, 2.75) is 50.5 Å². The third kappa shape index (κ3) is 1.18. The maximum absolute atomic E-state index is 13.3. The first-order chi connectivity index (χ1) is 5.72. The van der Waals surface area contributed by atoms with Crippen molar-refractivity contribution in [3.63, 3.8) is 0 Å². The third-order valence-corrected chi connectivity index (χ3v) is 3.14. The Balaban J connectivity index is 2.31. The summed E-state index contributed by atoms with van der Waals surface area (Å²) in [6, 6.07) is 0. The summed E-state index contributed by atoms with van der Waals surface area (Å²) in [5, 5.41) is 10.1. The lowest BCUT2D eigenvalue weighted by Crippen LogP contribution is -2.36. The van der Waals surface area contributed by atoms with Gasteiger partial charge in [0.2, 0.25) is 0 Å². The Bertz CT molecular complexity index is 222. The molecule has 2 aliphatic carbocycles. The van der Waals surface area contributed by atoms with Gasteiger partial charge in [-0.3, -0.25) is 0 Å². The zero-order valence-electron chi connectivity index (χ0n) is 7.27. The van der Waals surface area contributed by atoms with Crippen molar-refractivity contribution >= 4 is 0 Å². The van der Waals surface area contributed by atoms with Gasteiger partial charge in [-0.2, -0.15) is 0 Å². The van der Waals surface area contributed by atoms with Crippen LogP contribution in [-0.2, 0) is 0 Å². The highest BCUT2D eigenvalue weighted by atomic mass is 19.1. The van der Waals surface area contributed by atoms with Gasteiger partial charge in [0.05, 0.1) is 5.60 Å². The van der Waals surface area contributed by atoms with E-state index in [0.29, 0.717) is 6.42 Å². The lowest BCUT2D eigenvalue weighted by Gasteiger charge is -2.38. The van der Waals surface area contributed by atoms with Gasteiger partial charge in [0, 0.05) is 0 Å². The highest BCUT2D eigenvalue weighted by Crippen LogP contribution is 2.43. The molecule has 68 valence electrons. The van der Waals surface area contributed by atoms with E-state index in [2.05, 4.69) is 0 Å².